The standard InChI is InChI=1S/C7H12N6O2/c8-11-6(14)3-12-7(15)5-1-2-9-13(5)4-10-12/h4-5,9H,1-3,8H2,(H,11,14). The van der Waals surface area contributed by atoms with Crippen molar-refractivity contribution < 1.29 is 9.59 Å². The summed E-state index contributed by atoms with van der Waals surface area (Å²) in [5.41, 5.74) is 4.94. The van der Waals surface area contributed by atoms with Crippen molar-refractivity contribution >= 4 is 18.2 Å². The average Bonchev–Trinajstić information content (AvgIpc) is 2.70. The number of fused-ring (bicyclic) bond motifs is 1. The van der Waals surface area contributed by atoms with Gasteiger partial charge in [-0.25, -0.2) is 16.3 Å². The van der Waals surface area contributed by atoms with Crippen molar-refractivity contribution in [1.82, 2.24) is 20.9 Å². The first-order valence-corrected chi connectivity index (χ1v) is 4.59. The quantitative estimate of drug-likeness (QED) is 0.263. The summed E-state index contributed by atoms with van der Waals surface area (Å²) >= 11 is 0. The molecule has 4 N–H and O–H groups in total. The lowest BCUT2D eigenvalue weighted by molar-refractivity contribution is -0.140. The summed E-state index contributed by atoms with van der Waals surface area (Å²) in [6.45, 7) is 0.593. The van der Waals surface area contributed by atoms with Gasteiger partial charge in [0.1, 0.15) is 18.9 Å². The monoisotopic (exact) mass is 212 g/mol. The molecule has 82 valence electrons. The molecular formula is C7H12N6O2. The van der Waals surface area contributed by atoms with Crippen LogP contribution in [0.25, 0.3) is 0 Å². The molecule has 2 aliphatic rings. The second-order valence-corrected chi connectivity index (χ2v) is 3.31. The maximum absolute atomic E-state index is 11.8. The first-order valence-electron chi connectivity index (χ1n) is 4.59. The van der Waals surface area contributed by atoms with Crippen LogP contribution < -0.4 is 16.7 Å². The first-order chi connectivity index (χ1) is 7.22. The number of nitrogens with one attached hydrogen (secondary N) is 2. The van der Waals surface area contributed by atoms with Gasteiger partial charge in [-0.2, -0.15) is 5.10 Å². The van der Waals surface area contributed by atoms with Crippen LogP contribution in [-0.4, -0.2) is 47.3 Å². The van der Waals surface area contributed by atoms with Gasteiger partial charge in [-0.1, -0.05) is 0 Å². The molecule has 0 radical (unpaired) electrons. The molecule has 2 rings (SSSR count). The first kappa shape index (κ1) is 9.87. The molecule has 1 atom stereocenters. The Morgan fingerprint density at radius 2 is 2.60 bits per heavy atom. The number of nitrogens with two attached hydrogens (primary N) is 1. The van der Waals surface area contributed by atoms with Crippen LogP contribution in [0.4, 0.5) is 0 Å². The van der Waals surface area contributed by atoms with Crippen LogP contribution in [-0.2, 0) is 9.59 Å². The van der Waals surface area contributed by atoms with E-state index in [2.05, 4.69) is 10.5 Å². The highest BCUT2D eigenvalue weighted by Gasteiger charge is 2.36. The normalized spacial score (nSPS) is 24.3. The number of carbonyl (C=O) groups is 2. The Balaban J connectivity index is 2.05. The van der Waals surface area contributed by atoms with Gasteiger partial charge in [0.05, 0.1) is 0 Å². The van der Waals surface area contributed by atoms with Crippen molar-refractivity contribution in [3.05, 3.63) is 0 Å². The van der Waals surface area contributed by atoms with E-state index in [0.717, 1.165) is 11.6 Å². The number of hydrazone groups is 1. The van der Waals surface area contributed by atoms with Crippen LogP contribution in [0.5, 0.6) is 0 Å². The van der Waals surface area contributed by atoms with Crippen LogP contribution in [0.2, 0.25) is 0 Å². The number of carbonyl (C=O) groups excluding carboxylic acids is 2. The fraction of sp³-hybridized carbons (Fsp3) is 0.571. The second-order valence-electron chi connectivity index (χ2n) is 3.31. The highest BCUT2D eigenvalue weighted by molar-refractivity contribution is 5.90. The van der Waals surface area contributed by atoms with Gasteiger partial charge in [-0.15, -0.1) is 0 Å². The Hall–Kier alpha value is -1.67. The molecule has 8 heteroatoms. The molecule has 2 heterocycles. The predicted molar refractivity (Wildman–Crippen MR) is 50.8 cm³/mol. The maximum Gasteiger partial charge on any atom is 0.267 e. The lowest BCUT2D eigenvalue weighted by atomic mass is 10.2. The van der Waals surface area contributed by atoms with Crippen LogP contribution in [0.1, 0.15) is 6.42 Å². The Kier molecular flexibility index (Phi) is 2.52. The Morgan fingerprint density at radius 3 is 3.33 bits per heavy atom. The number of hydrogen-bond acceptors (Lipinski definition) is 6. The van der Waals surface area contributed by atoms with Gasteiger partial charge < -0.3 is 0 Å². The molecule has 8 nitrogen and oxygen atoms in total. The fourth-order valence-electron chi connectivity index (χ4n) is 1.59. The van der Waals surface area contributed by atoms with Gasteiger partial charge in [0, 0.05) is 6.54 Å². The zero-order valence-corrected chi connectivity index (χ0v) is 8.01. The molecule has 0 aromatic rings. The molecule has 2 aliphatic heterocycles. The van der Waals surface area contributed by atoms with Crippen LogP contribution in [0.15, 0.2) is 5.10 Å². The number of rotatable bonds is 2. The zero-order chi connectivity index (χ0) is 10.8. The van der Waals surface area contributed by atoms with Crippen LogP contribution in [0, 0.1) is 0 Å². The highest BCUT2D eigenvalue weighted by atomic mass is 16.2. The van der Waals surface area contributed by atoms with Gasteiger partial charge in [0.15, 0.2) is 0 Å². The average molecular weight is 212 g/mol. The molecule has 0 aromatic carbocycles. The van der Waals surface area contributed by atoms with E-state index in [4.69, 9.17) is 5.84 Å². The second kappa shape index (κ2) is 3.83. The van der Waals surface area contributed by atoms with Crippen molar-refractivity contribution in [2.45, 2.75) is 12.5 Å². The summed E-state index contributed by atoms with van der Waals surface area (Å²) in [6.07, 6.45) is 2.22. The van der Waals surface area contributed by atoms with Crippen molar-refractivity contribution in [3.8, 4) is 0 Å². The van der Waals surface area contributed by atoms with Gasteiger partial charge in [-0.3, -0.25) is 20.0 Å². The highest BCUT2D eigenvalue weighted by Crippen LogP contribution is 2.14. The molecule has 1 fully saturated rings. The molecule has 1 unspecified atom stereocenters. The molecule has 0 saturated carbocycles. The Bertz CT molecular complexity index is 317. The van der Waals surface area contributed by atoms with Crippen molar-refractivity contribution in [1.29, 1.82) is 0 Å². The van der Waals surface area contributed by atoms with Crippen molar-refractivity contribution in [2.24, 2.45) is 10.9 Å². The summed E-state index contributed by atoms with van der Waals surface area (Å²) in [5.74, 6) is 4.30. The maximum atomic E-state index is 11.8. The fourth-order valence-corrected chi connectivity index (χ4v) is 1.59. The van der Waals surface area contributed by atoms with E-state index in [9.17, 15) is 9.59 Å². The van der Waals surface area contributed by atoms with Crippen molar-refractivity contribution in [2.75, 3.05) is 13.1 Å². The smallest absolute Gasteiger partial charge is 0.267 e. The molecule has 2 amide bonds. The number of hydrazine groups is 2. The largest absolute Gasteiger partial charge is 0.293 e. The van der Waals surface area contributed by atoms with Gasteiger partial charge in [0.2, 0.25) is 0 Å². The van der Waals surface area contributed by atoms with E-state index in [0.29, 0.717) is 6.42 Å². The summed E-state index contributed by atoms with van der Waals surface area (Å²) in [5, 5.41) is 6.62. The molecule has 0 spiro atoms. The lowest BCUT2D eigenvalue weighted by Crippen LogP contribution is -2.52. The van der Waals surface area contributed by atoms with Crippen LogP contribution >= 0.6 is 0 Å². The SMILES string of the molecule is NNC(=O)CN1N=CN2NCCC2C1=O. The number of nitrogens with zero attached hydrogens (tertiary/aromatic N) is 3. The Morgan fingerprint density at radius 1 is 1.80 bits per heavy atom. The van der Waals surface area contributed by atoms with E-state index < -0.39 is 5.91 Å². The number of hydrogen-bond donors (Lipinski definition) is 3. The summed E-state index contributed by atoms with van der Waals surface area (Å²) < 4.78 is 0. The van der Waals surface area contributed by atoms with Gasteiger partial charge in [0.25, 0.3) is 11.8 Å². The lowest BCUT2D eigenvalue weighted by Gasteiger charge is -2.29. The van der Waals surface area contributed by atoms with E-state index in [1.54, 1.807) is 5.01 Å². The molecule has 0 aliphatic carbocycles. The van der Waals surface area contributed by atoms with Gasteiger partial charge in [-0.05, 0) is 6.42 Å². The molecular weight excluding hydrogens is 200 g/mol. The molecule has 1 saturated heterocycles. The van der Waals surface area contributed by atoms with E-state index in [1.165, 1.54) is 6.34 Å². The number of amides is 2. The minimum absolute atomic E-state index is 0.143. The summed E-state index contributed by atoms with van der Waals surface area (Å²) in [4.78, 5) is 22.8. The topological polar surface area (TPSA) is 103 Å². The zero-order valence-electron chi connectivity index (χ0n) is 8.01. The van der Waals surface area contributed by atoms with Gasteiger partial charge >= 0.3 is 0 Å². The van der Waals surface area contributed by atoms with Crippen molar-refractivity contribution in [3.63, 3.8) is 0 Å². The minimum atomic E-state index is -0.445. The Labute approximate surface area is 86.0 Å². The molecule has 0 bridgehead atoms. The van der Waals surface area contributed by atoms with E-state index in [1.807, 2.05) is 5.43 Å². The predicted octanol–water partition coefficient (Wildman–Crippen LogP) is -2.66. The third-order valence-corrected chi connectivity index (χ3v) is 2.36. The van der Waals surface area contributed by atoms with E-state index >= 15 is 0 Å². The molecule has 0 aromatic heterocycles. The third kappa shape index (κ3) is 1.76. The van der Waals surface area contributed by atoms with E-state index in [-0.39, 0.29) is 18.5 Å². The van der Waals surface area contributed by atoms with Crippen LogP contribution in [0.3, 0.4) is 0 Å². The summed E-state index contributed by atoms with van der Waals surface area (Å²) in [7, 11) is 0. The third-order valence-electron chi connectivity index (χ3n) is 2.36. The minimum Gasteiger partial charge on any atom is -0.293 e. The summed E-state index contributed by atoms with van der Waals surface area (Å²) in [6, 6.07) is -0.256. The molecule has 15 heavy (non-hydrogen) atoms.